The Hall–Kier alpha value is -1.54. The fraction of sp³-hybridized carbons (Fsp3) is 0.100. The van der Waals surface area contributed by atoms with Gasteiger partial charge in [-0.05, 0) is 30.0 Å². The predicted octanol–water partition coefficient (Wildman–Crippen LogP) is 0.964. The number of nitrogen functional groups attached to an aromatic ring is 1. The number of benzene rings is 1. The van der Waals surface area contributed by atoms with E-state index in [-0.39, 0.29) is 0 Å². The summed E-state index contributed by atoms with van der Waals surface area (Å²) in [4.78, 5) is 26.7. The van der Waals surface area contributed by atoms with Gasteiger partial charge in [0, 0.05) is 22.1 Å². The summed E-state index contributed by atoms with van der Waals surface area (Å²) in [6, 6.07) is 5.40. The van der Waals surface area contributed by atoms with E-state index in [9.17, 15) is 9.59 Å². The van der Waals surface area contributed by atoms with Crippen molar-refractivity contribution in [1.82, 2.24) is 14.8 Å². The molecule has 1 heterocycles. The van der Waals surface area contributed by atoms with Crippen LogP contribution in [0.15, 0.2) is 42.3 Å². The Morgan fingerprint density at radius 2 is 2.17 bits per heavy atom. The summed E-state index contributed by atoms with van der Waals surface area (Å²) in [6.07, 6.45) is 0. The molecule has 0 radical (unpaired) electrons. The maximum absolute atomic E-state index is 11.2. The molecule has 0 atom stereocenters. The second kappa shape index (κ2) is 4.99. The predicted molar refractivity (Wildman–Crippen MR) is 72.8 cm³/mol. The standard InChI is InChI=1S/C10H9BrN4O2S/c1-15-10(13-8(16)9(17)14-15)18-7-3-2-5(11)4-6(7)12/h2-4H,12H2,1H3,(H,14,17). The molecule has 0 unspecified atom stereocenters. The Balaban J connectivity index is 2.43. The Bertz CT molecular complexity index is 710. The summed E-state index contributed by atoms with van der Waals surface area (Å²) in [7, 11) is 1.60. The van der Waals surface area contributed by atoms with Crippen molar-refractivity contribution in [2.24, 2.45) is 7.05 Å². The highest BCUT2D eigenvalue weighted by Crippen LogP contribution is 2.31. The first-order chi connectivity index (χ1) is 8.47. The number of hydrogen-bond acceptors (Lipinski definition) is 5. The minimum absolute atomic E-state index is 0.369. The van der Waals surface area contributed by atoms with Gasteiger partial charge in [0.05, 0.1) is 0 Å². The highest BCUT2D eigenvalue weighted by molar-refractivity contribution is 9.10. The van der Waals surface area contributed by atoms with Gasteiger partial charge in [-0.25, -0.2) is 0 Å². The number of halogens is 1. The van der Waals surface area contributed by atoms with E-state index in [0.717, 1.165) is 9.37 Å². The van der Waals surface area contributed by atoms with Gasteiger partial charge in [-0.2, -0.15) is 4.98 Å². The van der Waals surface area contributed by atoms with E-state index in [1.54, 1.807) is 19.2 Å². The van der Waals surface area contributed by atoms with E-state index in [1.807, 2.05) is 6.07 Å². The molecule has 8 heteroatoms. The van der Waals surface area contributed by atoms with Gasteiger partial charge in [0.15, 0.2) is 5.16 Å². The number of aromatic nitrogens is 3. The molecule has 0 aliphatic rings. The number of nitrogens with zero attached hydrogens (tertiary/aromatic N) is 2. The van der Waals surface area contributed by atoms with Gasteiger partial charge in [0.1, 0.15) is 0 Å². The van der Waals surface area contributed by atoms with E-state index in [4.69, 9.17) is 5.73 Å². The van der Waals surface area contributed by atoms with Gasteiger partial charge in [0.25, 0.3) is 0 Å². The first-order valence-corrected chi connectivity index (χ1v) is 6.48. The van der Waals surface area contributed by atoms with Crippen LogP contribution < -0.4 is 16.9 Å². The molecule has 94 valence electrons. The van der Waals surface area contributed by atoms with Gasteiger partial charge in [-0.15, -0.1) is 0 Å². The fourth-order valence-electron chi connectivity index (χ4n) is 1.26. The first-order valence-electron chi connectivity index (χ1n) is 4.87. The van der Waals surface area contributed by atoms with Crippen molar-refractivity contribution in [3.05, 3.63) is 43.4 Å². The highest BCUT2D eigenvalue weighted by atomic mass is 79.9. The van der Waals surface area contributed by atoms with E-state index < -0.39 is 11.1 Å². The Morgan fingerprint density at radius 1 is 1.44 bits per heavy atom. The first kappa shape index (κ1) is 12.9. The quantitative estimate of drug-likeness (QED) is 0.632. The van der Waals surface area contributed by atoms with Crippen LogP contribution in [-0.2, 0) is 7.05 Å². The van der Waals surface area contributed by atoms with Gasteiger partial charge >= 0.3 is 11.1 Å². The third-order valence-corrected chi connectivity index (χ3v) is 3.75. The maximum Gasteiger partial charge on any atom is 0.339 e. The second-order valence-corrected chi connectivity index (χ2v) is 5.41. The number of H-pyrrole nitrogens is 1. The number of anilines is 1. The van der Waals surface area contributed by atoms with E-state index in [1.165, 1.54) is 16.4 Å². The highest BCUT2D eigenvalue weighted by Gasteiger charge is 2.08. The smallest absolute Gasteiger partial charge is 0.339 e. The third kappa shape index (κ3) is 2.65. The zero-order valence-corrected chi connectivity index (χ0v) is 11.7. The number of hydrogen-bond donors (Lipinski definition) is 2. The van der Waals surface area contributed by atoms with Crippen molar-refractivity contribution in [2.45, 2.75) is 10.1 Å². The molecule has 0 fully saturated rings. The molecule has 1 aromatic carbocycles. The van der Waals surface area contributed by atoms with Crippen LogP contribution >= 0.6 is 27.7 Å². The molecular formula is C10H9BrN4O2S. The summed E-state index contributed by atoms with van der Waals surface area (Å²) in [6.45, 7) is 0. The molecule has 0 amide bonds. The Labute approximate surface area is 114 Å². The van der Waals surface area contributed by atoms with Crippen molar-refractivity contribution in [3.63, 3.8) is 0 Å². The minimum Gasteiger partial charge on any atom is -0.398 e. The molecule has 3 N–H and O–H groups in total. The lowest BCUT2D eigenvalue weighted by atomic mass is 10.3. The normalized spacial score (nSPS) is 10.6. The molecule has 1 aromatic heterocycles. The van der Waals surface area contributed by atoms with Gasteiger partial charge in [0.2, 0.25) is 0 Å². The van der Waals surface area contributed by atoms with Crippen molar-refractivity contribution in [1.29, 1.82) is 0 Å². The number of rotatable bonds is 2. The fourth-order valence-corrected chi connectivity index (χ4v) is 2.46. The molecule has 0 aliphatic heterocycles. The molecule has 0 spiro atoms. The monoisotopic (exact) mass is 328 g/mol. The number of aromatic amines is 1. The van der Waals surface area contributed by atoms with Crippen LogP contribution in [0.1, 0.15) is 0 Å². The summed E-state index contributed by atoms with van der Waals surface area (Å²) >= 11 is 4.52. The van der Waals surface area contributed by atoms with Gasteiger partial charge < -0.3 is 5.73 Å². The zero-order valence-electron chi connectivity index (χ0n) is 9.31. The SMILES string of the molecule is Cn1[nH]c(=O)c(=O)nc1Sc1ccc(Br)cc1N. The summed E-state index contributed by atoms with van der Waals surface area (Å²) in [5.74, 6) is 0. The molecular weight excluding hydrogens is 320 g/mol. The molecule has 0 saturated carbocycles. The topological polar surface area (TPSA) is 93.8 Å². The Morgan fingerprint density at radius 3 is 2.83 bits per heavy atom. The van der Waals surface area contributed by atoms with Crippen LogP contribution in [0.5, 0.6) is 0 Å². The average molecular weight is 329 g/mol. The van der Waals surface area contributed by atoms with Crippen LogP contribution in [0, 0.1) is 0 Å². The number of aryl methyl sites for hydroxylation is 1. The summed E-state index contributed by atoms with van der Waals surface area (Å²) in [5, 5.41) is 2.74. The Kier molecular flexibility index (Phi) is 3.58. The molecule has 6 nitrogen and oxygen atoms in total. The third-order valence-electron chi connectivity index (χ3n) is 2.12. The van der Waals surface area contributed by atoms with E-state index >= 15 is 0 Å². The van der Waals surface area contributed by atoms with Gasteiger partial charge in [-0.3, -0.25) is 19.4 Å². The molecule has 18 heavy (non-hydrogen) atoms. The van der Waals surface area contributed by atoms with Crippen LogP contribution in [0.3, 0.4) is 0 Å². The molecule has 0 aliphatic carbocycles. The van der Waals surface area contributed by atoms with Crippen LogP contribution in [0.4, 0.5) is 5.69 Å². The number of nitrogens with two attached hydrogens (primary N) is 1. The van der Waals surface area contributed by atoms with Crippen LogP contribution in [0.25, 0.3) is 0 Å². The lowest BCUT2D eigenvalue weighted by Gasteiger charge is -2.07. The molecule has 2 rings (SSSR count). The number of nitrogens with one attached hydrogen (secondary N) is 1. The van der Waals surface area contributed by atoms with Crippen molar-refractivity contribution < 1.29 is 0 Å². The second-order valence-electron chi connectivity index (χ2n) is 3.48. The van der Waals surface area contributed by atoms with Crippen LogP contribution in [-0.4, -0.2) is 14.8 Å². The van der Waals surface area contributed by atoms with E-state index in [2.05, 4.69) is 26.0 Å². The van der Waals surface area contributed by atoms with Crippen molar-refractivity contribution in [2.75, 3.05) is 5.73 Å². The molecule has 0 bridgehead atoms. The summed E-state index contributed by atoms with van der Waals surface area (Å²) in [5.41, 5.74) is 4.86. The molecule has 0 saturated heterocycles. The maximum atomic E-state index is 11.2. The van der Waals surface area contributed by atoms with Crippen LogP contribution in [0.2, 0.25) is 0 Å². The van der Waals surface area contributed by atoms with E-state index in [0.29, 0.717) is 10.8 Å². The van der Waals surface area contributed by atoms with Crippen molar-refractivity contribution in [3.8, 4) is 0 Å². The average Bonchev–Trinajstić information content (AvgIpc) is 2.29. The lowest BCUT2D eigenvalue weighted by molar-refractivity contribution is 0.596. The minimum atomic E-state index is -0.814. The molecule has 2 aromatic rings. The summed E-state index contributed by atoms with van der Waals surface area (Å²) < 4.78 is 2.25. The zero-order chi connectivity index (χ0) is 13.3. The largest absolute Gasteiger partial charge is 0.398 e. The van der Waals surface area contributed by atoms with Gasteiger partial charge in [-0.1, -0.05) is 15.9 Å². The van der Waals surface area contributed by atoms with Crippen molar-refractivity contribution >= 4 is 33.4 Å². The lowest BCUT2D eigenvalue weighted by Crippen LogP contribution is -2.33.